The minimum absolute atomic E-state index is 0.132. The van der Waals surface area contributed by atoms with Crippen molar-refractivity contribution in [3.8, 4) is 5.88 Å². The molecule has 0 aliphatic heterocycles. The maximum absolute atomic E-state index is 13.8. The number of hydrogen-bond acceptors (Lipinski definition) is 5. The first-order chi connectivity index (χ1) is 8.17. The van der Waals surface area contributed by atoms with Gasteiger partial charge in [0.2, 0.25) is 5.88 Å². The van der Waals surface area contributed by atoms with Crippen LogP contribution < -0.4 is 4.74 Å². The molecule has 0 aliphatic carbocycles. The lowest BCUT2D eigenvalue weighted by molar-refractivity contribution is 0.398. The van der Waals surface area contributed by atoms with Gasteiger partial charge in [0.15, 0.2) is 16.1 Å². The first kappa shape index (κ1) is 12.3. The normalized spacial score (nSPS) is 10.8. The molecule has 0 spiro atoms. The van der Waals surface area contributed by atoms with Crippen molar-refractivity contribution in [2.45, 2.75) is 12.1 Å². The highest BCUT2D eigenvalue weighted by molar-refractivity contribution is 7.99. The first-order valence-electron chi connectivity index (χ1n) is 4.86. The molecule has 4 nitrogen and oxygen atoms in total. The van der Waals surface area contributed by atoms with Gasteiger partial charge in [-0.2, -0.15) is 4.98 Å². The smallest absolute Gasteiger partial charge is 0.226 e. The second kappa shape index (κ2) is 5.01. The Morgan fingerprint density at radius 1 is 1.47 bits per heavy atom. The van der Waals surface area contributed by atoms with Gasteiger partial charge in [-0.3, -0.25) is 0 Å². The van der Waals surface area contributed by atoms with E-state index in [4.69, 9.17) is 16.3 Å². The number of nitrogens with zero attached hydrogens (tertiary/aromatic N) is 3. The zero-order chi connectivity index (χ0) is 12.4. The Bertz CT molecular complexity index is 567. The average molecular weight is 274 g/mol. The Morgan fingerprint density at radius 3 is 2.88 bits per heavy atom. The number of methoxy groups -OCH3 is 1. The number of thioether (sulfide) groups is 1. The predicted molar refractivity (Wildman–Crippen MR) is 65.3 cm³/mol. The number of ether oxygens (including phenoxy) is 1. The summed E-state index contributed by atoms with van der Waals surface area (Å²) in [4.78, 5) is 12.0. The number of fused-ring (bicyclic) bond motifs is 1. The molecule has 0 fully saturated rings. The van der Waals surface area contributed by atoms with Crippen LogP contribution in [0.1, 0.15) is 6.92 Å². The SMILES string of the molecule is CCSc1nc(OC)c2cnc(Cl)c(F)c2n1. The van der Waals surface area contributed by atoms with E-state index in [1.807, 2.05) is 6.92 Å². The van der Waals surface area contributed by atoms with E-state index in [1.165, 1.54) is 25.1 Å². The van der Waals surface area contributed by atoms with Crippen LogP contribution in [-0.2, 0) is 0 Å². The summed E-state index contributed by atoms with van der Waals surface area (Å²) < 4.78 is 18.9. The minimum Gasteiger partial charge on any atom is -0.480 e. The van der Waals surface area contributed by atoms with E-state index in [0.717, 1.165) is 5.75 Å². The maximum atomic E-state index is 13.8. The summed E-state index contributed by atoms with van der Waals surface area (Å²) in [5.41, 5.74) is 0.132. The maximum Gasteiger partial charge on any atom is 0.226 e. The molecule has 17 heavy (non-hydrogen) atoms. The molecular weight excluding hydrogens is 265 g/mol. The van der Waals surface area contributed by atoms with Gasteiger partial charge in [0.05, 0.1) is 12.5 Å². The number of rotatable bonds is 3. The highest BCUT2D eigenvalue weighted by Gasteiger charge is 2.15. The average Bonchev–Trinajstić information content (AvgIpc) is 2.34. The number of pyridine rings is 1. The molecule has 2 heterocycles. The van der Waals surface area contributed by atoms with Crippen molar-refractivity contribution in [2.75, 3.05) is 12.9 Å². The third kappa shape index (κ3) is 2.28. The molecule has 0 aliphatic rings. The van der Waals surface area contributed by atoms with E-state index in [1.54, 1.807) is 0 Å². The summed E-state index contributed by atoms with van der Waals surface area (Å²) in [6.45, 7) is 1.96. The fourth-order valence-electron chi connectivity index (χ4n) is 1.34. The molecule has 0 saturated heterocycles. The van der Waals surface area contributed by atoms with Crippen LogP contribution in [-0.4, -0.2) is 27.8 Å². The van der Waals surface area contributed by atoms with E-state index >= 15 is 0 Å². The van der Waals surface area contributed by atoms with Crippen LogP contribution in [0.2, 0.25) is 5.15 Å². The second-order valence-electron chi connectivity index (χ2n) is 3.07. The van der Waals surface area contributed by atoms with Crippen LogP contribution in [0, 0.1) is 5.82 Å². The molecular formula is C10H9ClFN3OS. The molecule has 0 radical (unpaired) electrons. The molecule has 0 aromatic carbocycles. The van der Waals surface area contributed by atoms with Gasteiger partial charge >= 0.3 is 0 Å². The Kier molecular flexibility index (Phi) is 3.63. The summed E-state index contributed by atoms with van der Waals surface area (Å²) in [6.07, 6.45) is 1.40. The first-order valence-corrected chi connectivity index (χ1v) is 6.22. The zero-order valence-electron chi connectivity index (χ0n) is 9.20. The number of hydrogen-bond donors (Lipinski definition) is 0. The van der Waals surface area contributed by atoms with E-state index in [9.17, 15) is 4.39 Å². The van der Waals surface area contributed by atoms with Crippen molar-refractivity contribution >= 4 is 34.3 Å². The molecule has 0 atom stereocenters. The summed E-state index contributed by atoms with van der Waals surface area (Å²) in [5, 5.41) is 0.665. The quantitative estimate of drug-likeness (QED) is 0.489. The van der Waals surface area contributed by atoms with Crippen molar-refractivity contribution in [1.29, 1.82) is 0 Å². The lowest BCUT2D eigenvalue weighted by Crippen LogP contribution is -1.98. The number of halogens is 2. The van der Waals surface area contributed by atoms with E-state index in [0.29, 0.717) is 16.4 Å². The monoisotopic (exact) mass is 273 g/mol. The lowest BCUT2D eigenvalue weighted by Gasteiger charge is -2.07. The van der Waals surface area contributed by atoms with Crippen LogP contribution in [0.25, 0.3) is 10.9 Å². The molecule has 2 aromatic heterocycles. The Labute approximate surface area is 107 Å². The molecule has 0 unspecified atom stereocenters. The van der Waals surface area contributed by atoms with Gasteiger partial charge in [-0.05, 0) is 5.75 Å². The van der Waals surface area contributed by atoms with Crippen molar-refractivity contribution < 1.29 is 9.13 Å². The van der Waals surface area contributed by atoms with Crippen molar-refractivity contribution in [2.24, 2.45) is 0 Å². The van der Waals surface area contributed by atoms with Gasteiger partial charge in [0.25, 0.3) is 0 Å². The van der Waals surface area contributed by atoms with E-state index < -0.39 is 5.82 Å². The molecule has 0 N–H and O–H groups in total. The van der Waals surface area contributed by atoms with Crippen LogP contribution >= 0.6 is 23.4 Å². The van der Waals surface area contributed by atoms with Crippen molar-refractivity contribution in [3.63, 3.8) is 0 Å². The molecule has 90 valence electrons. The topological polar surface area (TPSA) is 47.9 Å². The highest BCUT2D eigenvalue weighted by atomic mass is 35.5. The molecule has 2 aromatic rings. The second-order valence-corrected chi connectivity index (χ2v) is 4.66. The molecule has 0 bridgehead atoms. The van der Waals surface area contributed by atoms with Gasteiger partial charge in [0.1, 0.15) is 5.52 Å². The molecule has 2 rings (SSSR count). The van der Waals surface area contributed by atoms with Gasteiger partial charge in [-0.1, -0.05) is 30.3 Å². The summed E-state index contributed by atoms with van der Waals surface area (Å²) in [5.74, 6) is 0.437. The summed E-state index contributed by atoms with van der Waals surface area (Å²) in [6, 6.07) is 0. The van der Waals surface area contributed by atoms with Crippen LogP contribution in [0.15, 0.2) is 11.4 Å². The zero-order valence-corrected chi connectivity index (χ0v) is 10.8. The third-order valence-electron chi connectivity index (χ3n) is 2.05. The van der Waals surface area contributed by atoms with Gasteiger partial charge in [-0.15, -0.1) is 0 Å². The standard InChI is InChI=1S/C10H9ClFN3OS/c1-3-17-10-14-7-5(9(15-10)16-2)4-13-8(11)6(7)12/h4H,3H2,1-2H3. The van der Waals surface area contributed by atoms with E-state index in [-0.39, 0.29) is 10.7 Å². The fourth-order valence-corrected chi connectivity index (χ4v) is 2.04. The van der Waals surface area contributed by atoms with Crippen molar-refractivity contribution in [3.05, 3.63) is 17.2 Å². The fraction of sp³-hybridized carbons (Fsp3) is 0.300. The largest absolute Gasteiger partial charge is 0.480 e. The van der Waals surface area contributed by atoms with Gasteiger partial charge < -0.3 is 4.74 Å². The third-order valence-corrected chi connectivity index (χ3v) is 3.05. The Morgan fingerprint density at radius 2 is 2.24 bits per heavy atom. The van der Waals surface area contributed by atoms with Gasteiger partial charge in [-0.25, -0.2) is 14.4 Å². The van der Waals surface area contributed by atoms with E-state index in [2.05, 4.69) is 15.0 Å². The molecule has 0 amide bonds. The Hall–Kier alpha value is -1.14. The number of aromatic nitrogens is 3. The van der Waals surface area contributed by atoms with Gasteiger partial charge in [0, 0.05) is 6.20 Å². The minimum atomic E-state index is -0.650. The lowest BCUT2D eigenvalue weighted by atomic mass is 10.3. The molecule has 7 heteroatoms. The van der Waals surface area contributed by atoms with Crippen LogP contribution in [0.5, 0.6) is 5.88 Å². The molecule has 0 saturated carbocycles. The van der Waals surface area contributed by atoms with Crippen LogP contribution in [0.3, 0.4) is 0 Å². The Balaban J connectivity index is 2.73. The summed E-state index contributed by atoms with van der Waals surface area (Å²) >= 11 is 7.02. The highest BCUT2D eigenvalue weighted by Crippen LogP contribution is 2.29. The predicted octanol–water partition coefficient (Wildman–Crippen LogP) is 2.94. The summed E-state index contributed by atoms with van der Waals surface area (Å²) in [7, 11) is 1.47. The van der Waals surface area contributed by atoms with Crippen LogP contribution in [0.4, 0.5) is 4.39 Å². The van der Waals surface area contributed by atoms with Crippen molar-refractivity contribution in [1.82, 2.24) is 15.0 Å².